The van der Waals surface area contributed by atoms with Crippen LogP contribution in [0.4, 0.5) is 15.8 Å². The summed E-state index contributed by atoms with van der Waals surface area (Å²) in [4.78, 5) is 13.5. The average Bonchev–Trinajstić information content (AvgIpc) is 3.42. The van der Waals surface area contributed by atoms with Gasteiger partial charge in [0, 0.05) is 22.6 Å². The van der Waals surface area contributed by atoms with Gasteiger partial charge >= 0.3 is 0 Å². The van der Waals surface area contributed by atoms with Gasteiger partial charge in [-0.25, -0.2) is 13.0 Å². The largest absolute Gasteiger partial charge is 0.451 e. The number of hydrogen-bond acceptors (Lipinski definition) is 5. The normalized spacial score (nSPS) is 17.9. The van der Waals surface area contributed by atoms with Crippen molar-refractivity contribution in [1.82, 2.24) is 0 Å². The van der Waals surface area contributed by atoms with Crippen LogP contribution in [0.2, 0.25) is 0 Å². The second-order valence-corrected chi connectivity index (χ2v) is 10.0. The number of carbonyl (C=O) groups excluding carboxylic acids is 1. The van der Waals surface area contributed by atoms with E-state index < -0.39 is 15.6 Å². The van der Waals surface area contributed by atoms with E-state index >= 15 is 0 Å². The zero-order chi connectivity index (χ0) is 22.3. The average molecular weight is 450 g/mol. The molecule has 0 spiro atoms. The highest BCUT2D eigenvalue weighted by Gasteiger charge is 2.20. The summed E-state index contributed by atoms with van der Waals surface area (Å²) in [6.45, 7) is 0.605. The minimum atomic E-state index is -2.38. The van der Waals surface area contributed by atoms with Gasteiger partial charge in [-0.3, -0.25) is 4.79 Å². The SMILES string of the molecule is Nc1ccc(-c2ccc(F)cc2)cc1NC(=O)c1cc2cc(S3(=O)=NCCC3)ccc2o1. The van der Waals surface area contributed by atoms with Crippen molar-refractivity contribution in [2.45, 2.75) is 11.3 Å². The van der Waals surface area contributed by atoms with Crippen LogP contribution < -0.4 is 11.1 Å². The number of furan rings is 1. The molecule has 0 saturated heterocycles. The van der Waals surface area contributed by atoms with E-state index in [1.807, 2.05) is 0 Å². The predicted octanol–water partition coefficient (Wildman–Crippen LogP) is 5.30. The summed E-state index contributed by atoms with van der Waals surface area (Å²) in [6, 6.07) is 18.1. The fourth-order valence-corrected chi connectivity index (χ4v) is 5.78. The van der Waals surface area contributed by atoms with Gasteiger partial charge in [-0.05, 0) is 66.1 Å². The first-order valence-corrected chi connectivity index (χ1v) is 11.8. The Kier molecular flexibility index (Phi) is 4.94. The Hall–Kier alpha value is -3.65. The molecule has 0 saturated carbocycles. The molecule has 4 aromatic rings. The van der Waals surface area contributed by atoms with E-state index in [2.05, 4.69) is 9.68 Å². The van der Waals surface area contributed by atoms with E-state index in [1.54, 1.807) is 54.6 Å². The number of amides is 1. The monoisotopic (exact) mass is 449 g/mol. The van der Waals surface area contributed by atoms with E-state index in [0.717, 1.165) is 17.5 Å². The van der Waals surface area contributed by atoms with Crippen LogP contribution in [-0.2, 0) is 9.73 Å². The lowest BCUT2D eigenvalue weighted by atomic mass is 10.0. The van der Waals surface area contributed by atoms with Crippen LogP contribution in [0.3, 0.4) is 0 Å². The van der Waals surface area contributed by atoms with E-state index in [0.29, 0.717) is 39.5 Å². The second kappa shape index (κ2) is 7.80. The molecule has 3 aromatic carbocycles. The van der Waals surface area contributed by atoms with E-state index in [1.165, 1.54) is 12.1 Å². The van der Waals surface area contributed by atoms with Crippen LogP contribution in [0, 0.1) is 5.82 Å². The highest BCUT2D eigenvalue weighted by molar-refractivity contribution is 7.93. The second-order valence-electron chi connectivity index (χ2n) is 7.62. The van der Waals surface area contributed by atoms with Crippen LogP contribution in [0.1, 0.15) is 17.0 Å². The highest BCUT2D eigenvalue weighted by atomic mass is 32.2. The number of nitrogens with zero attached hydrogens (tertiary/aromatic N) is 1. The molecule has 1 aliphatic heterocycles. The van der Waals surface area contributed by atoms with E-state index in [-0.39, 0.29) is 11.6 Å². The van der Waals surface area contributed by atoms with E-state index in [9.17, 15) is 13.4 Å². The molecule has 6 nitrogen and oxygen atoms in total. The molecule has 0 bridgehead atoms. The molecule has 0 fully saturated rings. The summed E-state index contributed by atoms with van der Waals surface area (Å²) >= 11 is 0. The van der Waals surface area contributed by atoms with Crippen molar-refractivity contribution in [2.24, 2.45) is 4.36 Å². The lowest BCUT2D eigenvalue weighted by Gasteiger charge is -2.10. The van der Waals surface area contributed by atoms with Crippen molar-refractivity contribution < 1.29 is 17.8 Å². The molecule has 0 aliphatic carbocycles. The molecule has 5 rings (SSSR count). The smallest absolute Gasteiger partial charge is 0.291 e. The molecule has 1 aromatic heterocycles. The summed E-state index contributed by atoms with van der Waals surface area (Å²) in [5, 5.41) is 3.47. The van der Waals surface area contributed by atoms with Crippen LogP contribution in [-0.4, -0.2) is 22.4 Å². The molecule has 0 radical (unpaired) electrons. The number of benzene rings is 3. The van der Waals surface area contributed by atoms with Gasteiger partial charge in [0.05, 0.1) is 21.1 Å². The molecule has 1 atom stereocenters. The van der Waals surface area contributed by atoms with E-state index in [4.69, 9.17) is 10.2 Å². The van der Waals surface area contributed by atoms with Gasteiger partial charge in [-0.1, -0.05) is 18.2 Å². The maximum Gasteiger partial charge on any atom is 0.291 e. The van der Waals surface area contributed by atoms with Crippen LogP contribution >= 0.6 is 0 Å². The number of nitrogens with two attached hydrogens (primary N) is 1. The lowest BCUT2D eigenvalue weighted by molar-refractivity contribution is 0.0998. The standard InChI is InChI=1S/C24H20FN3O3S/c25-18-5-2-15(3-6-18)16-4-8-20(26)21(13-16)28-24(29)23-14-17-12-19(7-9-22(17)31-23)32(30)11-1-10-27-32/h2-9,12-14H,1,10-11,26H2,(H,28,29). The molecule has 1 amide bonds. The molecule has 3 N–H and O–H groups in total. The van der Waals surface area contributed by atoms with Gasteiger partial charge in [0.25, 0.3) is 5.91 Å². The number of halogens is 1. The zero-order valence-corrected chi connectivity index (χ0v) is 17.8. The quantitative estimate of drug-likeness (QED) is 0.413. The van der Waals surface area contributed by atoms with Gasteiger partial charge in [-0.15, -0.1) is 0 Å². The van der Waals surface area contributed by atoms with Crippen LogP contribution in [0.5, 0.6) is 0 Å². The van der Waals surface area contributed by atoms with Gasteiger partial charge in [0.1, 0.15) is 11.4 Å². The van der Waals surface area contributed by atoms with Gasteiger partial charge in [-0.2, -0.15) is 0 Å². The number of nitrogen functional groups attached to an aromatic ring is 1. The maximum absolute atomic E-state index is 13.2. The first kappa shape index (κ1) is 20.3. The van der Waals surface area contributed by atoms with Crippen molar-refractivity contribution in [3.8, 4) is 11.1 Å². The van der Waals surface area contributed by atoms with Crippen LogP contribution in [0.25, 0.3) is 22.1 Å². The van der Waals surface area contributed by atoms with Crippen molar-refractivity contribution in [1.29, 1.82) is 0 Å². The fraction of sp³-hybridized carbons (Fsp3) is 0.125. The maximum atomic E-state index is 13.2. The van der Waals surface area contributed by atoms with Crippen molar-refractivity contribution in [2.75, 3.05) is 23.3 Å². The molecule has 32 heavy (non-hydrogen) atoms. The zero-order valence-electron chi connectivity index (χ0n) is 17.0. The van der Waals surface area contributed by atoms with Gasteiger partial charge in [0.15, 0.2) is 5.76 Å². The Bertz CT molecular complexity index is 1470. The third-order valence-corrected chi connectivity index (χ3v) is 7.87. The first-order valence-electron chi connectivity index (χ1n) is 10.1. The Morgan fingerprint density at radius 1 is 1.03 bits per heavy atom. The van der Waals surface area contributed by atoms with Gasteiger partial charge < -0.3 is 15.5 Å². The number of anilines is 2. The number of fused-ring (bicyclic) bond motifs is 1. The van der Waals surface area contributed by atoms with Crippen LogP contribution in [0.15, 0.2) is 80.4 Å². The van der Waals surface area contributed by atoms with Crippen molar-refractivity contribution in [3.05, 3.63) is 78.3 Å². The van der Waals surface area contributed by atoms with Gasteiger partial charge in [0.2, 0.25) is 0 Å². The molecule has 8 heteroatoms. The minimum absolute atomic E-state index is 0.113. The number of carbonyl (C=O) groups is 1. The number of rotatable bonds is 4. The molecular formula is C24H20FN3O3S. The van der Waals surface area contributed by atoms with Crippen molar-refractivity contribution in [3.63, 3.8) is 0 Å². The Labute approximate surface area is 184 Å². The summed E-state index contributed by atoms with van der Waals surface area (Å²) in [5.74, 6) is -0.118. The highest BCUT2D eigenvalue weighted by Crippen LogP contribution is 2.30. The summed E-state index contributed by atoms with van der Waals surface area (Å²) in [5.41, 5.74) is 8.96. The summed E-state index contributed by atoms with van der Waals surface area (Å²) in [6.07, 6.45) is 0.814. The third kappa shape index (κ3) is 3.73. The Morgan fingerprint density at radius 3 is 2.56 bits per heavy atom. The number of hydrogen-bond donors (Lipinski definition) is 2. The summed E-state index contributed by atoms with van der Waals surface area (Å²) < 4.78 is 36.1. The predicted molar refractivity (Wildman–Crippen MR) is 124 cm³/mol. The number of nitrogens with one attached hydrogen (secondary N) is 1. The molecule has 1 unspecified atom stereocenters. The minimum Gasteiger partial charge on any atom is -0.451 e. The molecule has 162 valence electrons. The Morgan fingerprint density at radius 2 is 1.81 bits per heavy atom. The topological polar surface area (TPSA) is 97.7 Å². The third-order valence-electron chi connectivity index (χ3n) is 5.44. The lowest BCUT2D eigenvalue weighted by Crippen LogP contribution is -2.12. The molecular weight excluding hydrogens is 429 g/mol. The molecule has 2 heterocycles. The summed E-state index contributed by atoms with van der Waals surface area (Å²) in [7, 11) is -2.38. The molecule has 1 aliphatic rings. The Balaban J connectivity index is 1.43. The fourth-order valence-electron chi connectivity index (χ4n) is 3.73. The van der Waals surface area contributed by atoms with Crippen molar-refractivity contribution >= 4 is 38.0 Å². The first-order chi connectivity index (χ1) is 15.4.